The van der Waals surface area contributed by atoms with Gasteiger partial charge in [0.2, 0.25) is 0 Å². The SMILES string of the molecule is Cc1noc(C)c1-c1cc(S(C)(=O)=O)c2nc(C)n(Cc3ccccc3)c2c1. The van der Waals surface area contributed by atoms with Gasteiger partial charge in [-0.2, -0.15) is 0 Å². The molecule has 0 radical (unpaired) electrons. The normalized spacial score (nSPS) is 12.0. The highest BCUT2D eigenvalue weighted by Crippen LogP contribution is 2.34. The molecule has 0 aliphatic rings. The summed E-state index contributed by atoms with van der Waals surface area (Å²) in [5, 5.41) is 4.01. The van der Waals surface area contributed by atoms with Crippen LogP contribution in [0.25, 0.3) is 22.2 Å². The molecule has 0 N–H and O–H groups in total. The van der Waals surface area contributed by atoms with Crippen LogP contribution in [0.2, 0.25) is 0 Å². The lowest BCUT2D eigenvalue weighted by Gasteiger charge is -2.10. The number of aromatic nitrogens is 3. The lowest BCUT2D eigenvalue weighted by atomic mass is 10.0. The van der Waals surface area contributed by atoms with Crippen LogP contribution in [0.15, 0.2) is 51.9 Å². The summed E-state index contributed by atoms with van der Waals surface area (Å²) >= 11 is 0. The number of fused-ring (bicyclic) bond motifs is 1. The van der Waals surface area contributed by atoms with Gasteiger partial charge in [-0.1, -0.05) is 35.5 Å². The third kappa shape index (κ3) is 3.11. The average Bonchev–Trinajstić information content (AvgIpc) is 3.13. The Hall–Kier alpha value is -2.93. The van der Waals surface area contributed by atoms with Gasteiger partial charge < -0.3 is 9.09 Å². The molecule has 0 unspecified atom stereocenters. The Morgan fingerprint density at radius 3 is 2.39 bits per heavy atom. The number of benzene rings is 2. The molecule has 0 saturated carbocycles. The first kappa shape index (κ1) is 18.4. The van der Waals surface area contributed by atoms with Crippen molar-refractivity contribution in [2.24, 2.45) is 0 Å². The Morgan fingerprint density at radius 1 is 1.07 bits per heavy atom. The highest BCUT2D eigenvalue weighted by molar-refractivity contribution is 7.91. The van der Waals surface area contributed by atoms with Crippen LogP contribution in [0.5, 0.6) is 0 Å². The van der Waals surface area contributed by atoms with Crippen LogP contribution in [0.4, 0.5) is 0 Å². The Bertz CT molecular complexity index is 1270. The quantitative estimate of drug-likeness (QED) is 0.520. The standard InChI is InChI=1S/C21H21N3O3S/c1-13-20(14(2)27-23-13)17-10-18-21(19(11-17)28(4,25)26)22-15(3)24(18)12-16-8-6-5-7-9-16/h5-11H,12H2,1-4H3. The first-order chi connectivity index (χ1) is 13.3. The van der Waals surface area contributed by atoms with Crippen molar-refractivity contribution < 1.29 is 12.9 Å². The summed E-state index contributed by atoms with van der Waals surface area (Å²) in [6.07, 6.45) is 1.21. The second kappa shape index (κ2) is 6.60. The molecule has 0 saturated heterocycles. The van der Waals surface area contributed by atoms with E-state index in [0.29, 0.717) is 17.8 Å². The van der Waals surface area contributed by atoms with Crippen LogP contribution in [0, 0.1) is 20.8 Å². The Morgan fingerprint density at radius 2 is 1.79 bits per heavy atom. The van der Waals surface area contributed by atoms with Crippen molar-refractivity contribution >= 4 is 20.9 Å². The highest BCUT2D eigenvalue weighted by atomic mass is 32.2. The molecule has 0 spiro atoms. The summed E-state index contributed by atoms with van der Waals surface area (Å²) in [5.41, 5.74) is 4.69. The molecule has 7 heteroatoms. The molecule has 28 heavy (non-hydrogen) atoms. The molecule has 0 fully saturated rings. The minimum Gasteiger partial charge on any atom is -0.361 e. The van der Waals surface area contributed by atoms with Crippen LogP contribution < -0.4 is 0 Å². The molecule has 0 atom stereocenters. The average molecular weight is 395 g/mol. The van der Waals surface area contributed by atoms with Gasteiger partial charge in [-0.25, -0.2) is 13.4 Å². The van der Waals surface area contributed by atoms with Crippen molar-refractivity contribution in [2.45, 2.75) is 32.2 Å². The fraction of sp³-hybridized carbons (Fsp3) is 0.238. The van der Waals surface area contributed by atoms with E-state index in [1.165, 1.54) is 6.26 Å². The Labute approximate surface area is 163 Å². The van der Waals surface area contributed by atoms with E-state index in [4.69, 9.17) is 4.52 Å². The molecule has 6 nitrogen and oxygen atoms in total. The van der Waals surface area contributed by atoms with E-state index in [-0.39, 0.29) is 4.90 Å². The third-order valence-electron chi connectivity index (χ3n) is 4.91. The largest absolute Gasteiger partial charge is 0.361 e. The highest BCUT2D eigenvalue weighted by Gasteiger charge is 2.22. The van der Waals surface area contributed by atoms with E-state index in [9.17, 15) is 8.42 Å². The van der Waals surface area contributed by atoms with Gasteiger partial charge in [-0.3, -0.25) is 0 Å². The lowest BCUT2D eigenvalue weighted by molar-refractivity contribution is 0.393. The summed E-state index contributed by atoms with van der Waals surface area (Å²) in [6.45, 7) is 6.18. The molecule has 4 rings (SSSR count). The van der Waals surface area contributed by atoms with Gasteiger partial charge in [0.1, 0.15) is 17.1 Å². The fourth-order valence-electron chi connectivity index (χ4n) is 3.60. The van der Waals surface area contributed by atoms with Gasteiger partial charge in [0, 0.05) is 18.4 Å². The van der Waals surface area contributed by atoms with E-state index >= 15 is 0 Å². The summed E-state index contributed by atoms with van der Waals surface area (Å²) in [5.74, 6) is 1.42. The Kier molecular flexibility index (Phi) is 4.34. The van der Waals surface area contributed by atoms with Crippen LogP contribution in [-0.2, 0) is 16.4 Å². The van der Waals surface area contributed by atoms with Crippen LogP contribution in [0.1, 0.15) is 22.8 Å². The maximum atomic E-state index is 12.5. The predicted molar refractivity (Wildman–Crippen MR) is 108 cm³/mol. The number of hydrogen-bond acceptors (Lipinski definition) is 5. The fourth-order valence-corrected chi connectivity index (χ4v) is 4.44. The van der Waals surface area contributed by atoms with Crippen molar-refractivity contribution in [2.75, 3.05) is 6.26 Å². The summed E-state index contributed by atoms with van der Waals surface area (Å²) in [6, 6.07) is 13.7. The summed E-state index contributed by atoms with van der Waals surface area (Å²) in [4.78, 5) is 4.81. The number of nitrogens with zero attached hydrogens (tertiary/aromatic N) is 3. The minimum atomic E-state index is -3.47. The number of aryl methyl sites for hydroxylation is 3. The second-order valence-corrected chi connectivity index (χ2v) is 9.03. The monoisotopic (exact) mass is 395 g/mol. The van der Waals surface area contributed by atoms with Gasteiger partial charge in [0.15, 0.2) is 9.84 Å². The molecule has 4 aromatic rings. The zero-order chi connectivity index (χ0) is 20.1. The van der Waals surface area contributed by atoms with Crippen molar-refractivity contribution in [3.05, 3.63) is 65.3 Å². The molecule has 0 amide bonds. The maximum Gasteiger partial charge on any atom is 0.177 e. The van der Waals surface area contributed by atoms with Crippen molar-refractivity contribution in [1.29, 1.82) is 0 Å². The third-order valence-corrected chi connectivity index (χ3v) is 6.03. The van der Waals surface area contributed by atoms with Crippen molar-refractivity contribution in [3.8, 4) is 11.1 Å². The van der Waals surface area contributed by atoms with Gasteiger partial charge in [-0.15, -0.1) is 0 Å². The molecule has 0 aliphatic heterocycles. The van der Waals surface area contributed by atoms with E-state index in [0.717, 1.165) is 33.7 Å². The van der Waals surface area contributed by atoms with Crippen LogP contribution >= 0.6 is 0 Å². The molecular weight excluding hydrogens is 374 g/mol. The number of imidazole rings is 1. The molecule has 2 aromatic heterocycles. The first-order valence-corrected chi connectivity index (χ1v) is 10.8. The van der Waals surface area contributed by atoms with Gasteiger partial charge >= 0.3 is 0 Å². The molecule has 2 aromatic carbocycles. The number of rotatable bonds is 4. The summed E-state index contributed by atoms with van der Waals surface area (Å²) < 4.78 is 32.4. The Balaban J connectivity index is 2.02. The van der Waals surface area contributed by atoms with Crippen LogP contribution in [0.3, 0.4) is 0 Å². The van der Waals surface area contributed by atoms with Crippen molar-refractivity contribution in [1.82, 2.24) is 14.7 Å². The van der Waals surface area contributed by atoms with Crippen LogP contribution in [-0.4, -0.2) is 29.4 Å². The summed E-state index contributed by atoms with van der Waals surface area (Å²) in [7, 11) is -3.47. The van der Waals surface area contributed by atoms with Crippen molar-refractivity contribution in [3.63, 3.8) is 0 Å². The molecule has 0 aliphatic carbocycles. The number of sulfone groups is 1. The zero-order valence-corrected chi connectivity index (χ0v) is 17.0. The van der Waals surface area contributed by atoms with E-state index in [1.54, 1.807) is 6.07 Å². The topological polar surface area (TPSA) is 78.0 Å². The second-order valence-electron chi connectivity index (χ2n) is 7.04. The molecular formula is C21H21N3O3S. The first-order valence-electron chi connectivity index (χ1n) is 8.94. The van der Waals surface area contributed by atoms with Gasteiger partial charge in [0.05, 0.1) is 16.1 Å². The predicted octanol–water partition coefficient (Wildman–Crippen LogP) is 4.07. The van der Waals surface area contributed by atoms with E-state index in [1.807, 2.05) is 61.7 Å². The smallest absolute Gasteiger partial charge is 0.177 e. The molecule has 2 heterocycles. The lowest BCUT2D eigenvalue weighted by Crippen LogP contribution is -2.03. The zero-order valence-electron chi connectivity index (χ0n) is 16.2. The minimum absolute atomic E-state index is 0.218. The van der Waals surface area contributed by atoms with Gasteiger partial charge in [-0.05, 0) is 44.0 Å². The molecule has 0 bridgehead atoms. The number of hydrogen-bond donors (Lipinski definition) is 0. The van der Waals surface area contributed by atoms with E-state index in [2.05, 4.69) is 10.1 Å². The molecule has 144 valence electrons. The van der Waals surface area contributed by atoms with Gasteiger partial charge in [0.25, 0.3) is 0 Å². The maximum absolute atomic E-state index is 12.5. The van der Waals surface area contributed by atoms with E-state index < -0.39 is 9.84 Å².